The Morgan fingerprint density at radius 2 is 1.74 bits per heavy atom. The molecule has 1 heterocycles. The van der Waals surface area contributed by atoms with E-state index in [1.807, 2.05) is 58.0 Å². The lowest BCUT2D eigenvalue weighted by molar-refractivity contribution is -0.149. The summed E-state index contributed by atoms with van der Waals surface area (Å²) >= 11 is 0. The van der Waals surface area contributed by atoms with Crippen LogP contribution < -0.4 is 16.4 Å². The number of benzene rings is 1. The molecule has 1 aliphatic heterocycles. The Morgan fingerprint density at radius 3 is 2.26 bits per heavy atom. The van der Waals surface area contributed by atoms with Gasteiger partial charge < -0.3 is 35.6 Å². The Hall–Kier alpha value is -3.73. The minimum atomic E-state index is -0.740. The Kier molecular flexibility index (Phi) is 16.8. The van der Waals surface area contributed by atoms with Gasteiger partial charge in [0.15, 0.2) is 0 Å². The van der Waals surface area contributed by atoms with Gasteiger partial charge in [0.25, 0.3) is 0 Å². The molecule has 1 aliphatic carbocycles. The number of nitrogens with one attached hydrogen (secondary N) is 2. The number of rotatable bonds is 20. The fourth-order valence-electron chi connectivity index (χ4n) is 8.33. The van der Waals surface area contributed by atoms with Crippen LogP contribution in [0.3, 0.4) is 0 Å². The molecule has 1 aromatic carbocycles. The molecule has 3 rings (SSSR count). The van der Waals surface area contributed by atoms with Gasteiger partial charge in [-0.25, -0.2) is 0 Å². The first-order chi connectivity index (χ1) is 25.6. The highest BCUT2D eigenvalue weighted by molar-refractivity contribution is 5.93. The third-order valence-electron chi connectivity index (χ3n) is 12.1. The van der Waals surface area contributed by atoms with Crippen molar-refractivity contribution in [2.24, 2.45) is 17.8 Å². The number of likely N-dealkylation sites (N-methyl/N-ethyl adjacent to an activating group) is 2. The molecular weight excluding hydrogens is 686 g/mol. The zero-order valence-corrected chi connectivity index (χ0v) is 34.4. The second-order valence-electron chi connectivity index (χ2n) is 16.1. The molecule has 0 radical (unpaired) electrons. The molecular formula is C41H67N7O6. The van der Waals surface area contributed by atoms with E-state index in [-0.39, 0.29) is 54.3 Å². The highest BCUT2D eigenvalue weighted by Crippen LogP contribution is 2.37. The number of methoxy groups -OCH3 is 2. The van der Waals surface area contributed by atoms with Crippen LogP contribution in [-0.2, 0) is 35.1 Å². The normalized spacial score (nSPS) is 20.5. The molecule has 8 atom stereocenters. The minimum Gasteiger partial charge on any atom is -0.399 e. The molecule has 2 fully saturated rings. The van der Waals surface area contributed by atoms with Crippen LogP contribution in [-0.4, -0.2) is 122 Å². The molecule has 0 spiro atoms. The Balaban J connectivity index is 1.76. The molecule has 54 heavy (non-hydrogen) atoms. The second kappa shape index (κ2) is 20.3. The predicted octanol–water partition coefficient (Wildman–Crippen LogP) is 3.76. The van der Waals surface area contributed by atoms with Gasteiger partial charge >= 0.3 is 0 Å². The summed E-state index contributed by atoms with van der Waals surface area (Å²) in [4.78, 5) is 61.2. The molecule has 1 saturated carbocycles. The quantitative estimate of drug-likeness (QED) is 0.168. The van der Waals surface area contributed by atoms with Gasteiger partial charge in [-0.1, -0.05) is 53.2 Å². The van der Waals surface area contributed by atoms with Gasteiger partial charge in [0.2, 0.25) is 23.6 Å². The number of nitrogens with zero attached hydrogens (tertiary/aromatic N) is 4. The van der Waals surface area contributed by atoms with Crippen molar-refractivity contribution in [3.8, 4) is 6.07 Å². The Bertz CT molecular complexity index is 1460. The van der Waals surface area contributed by atoms with E-state index in [4.69, 9.17) is 15.2 Å². The smallest absolute Gasteiger partial charge is 0.245 e. The molecule has 0 unspecified atom stereocenters. The first-order valence-corrected chi connectivity index (χ1v) is 19.7. The van der Waals surface area contributed by atoms with E-state index in [2.05, 4.69) is 23.6 Å². The lowest BCUT2D eigenvalue weighted by Gasteiger charge is -2.46. The zero-order valence-electron chi connectivity index (χ0n) is 34.4. The van der Waals surface area contributed by atoms with Gasteiger partial charge in [0.1, 0.15) is 6.04 Å². The fourth-order valence-corrected chi connectivity index (χ4v) is 8.33. The van der Waals surface area contributed by atoms with Crippen molar-refractivity contribution in [3.05, 3.63) is 29.8 Å². The summed E-state index contributed by atoms with van der Waals surface area (Å²) < 4.78 is 12.0. The van der Waals surface area contributed by atoms with E-state index in [0.29, 0.717) is 25.1 Å². The van der Waals surface area contributed by atoms with Gasteiger partial charge in [-0.05, 0) is 82.2 Å². The molecule has 0 bridgehead atoms. The van der Waals surface area contributed by atoms with Gasteiger partial charge in [-0.2, -0.15) is 5.26 Å². The number of carbonyl (C=O) groups excluding carboxylic acids is 4. The molecule has 13 heteroatoms. The van der Waals surface area contributed by atoms with E-state index in [1.165, 1.54) is 0 Å². The molecule has 1 saturated heterocycles. The molecule has 0 aromatic heterocycles. The summed E-state index contributed by atoms with van der Waals surface area (Å²) in [6, 6.07) is 7.62. The van der Waals surface area contributed by atoms with Crippen molar-refractivity contribution in [1.82, 2.24) is 25.3 Å². The number of nitriles is 1. The van der Waals surface area contributed by atoms with Crippen LogP contribution in [0.2, 0.25) is 0 Å². The van der Waals surface area contributed by atoms with Crippen molar-refractivity contribution in [3.63, 3.8) is 0 Å². The maximum absolute atomic E-state index is 14.3. The average molecular weight is 754 g/mol. The molecule has 4 N–H and O–H groups in total. The number of likely N-dealkylation sites (tertiary alicyclic amines) is 1. The van der Waals surface area contributed by atoms with E-state index in [0.717, 1.165) is 37.7 Å². The van der Waals surface area contributed by atoms with Crippen LogP contribution in [0.4, 0.5) is 5.69 Å². The van der Waals surface area contributed by atoms with Gasteiger partial charge in [0.05, 0.1) is 54.7 Å². The van der Waals surface area contributed by atoms with E-state index < -0.39 is 41.8 Å². The summed E-state index contributed by atoms with van der Waals surface area (Å²) in [6.45, 7) is 10.3. The van der Waals surface area contributed by atoms with Gasteiger partial charge in [-0.3, -0.25) is 24.1 Å². The van der Waals surface area contributed by atoms with Crippen molar-refractivity contribution < 1.29 is 28.7 Å². The number of hydrogen-bond donors (Lipinski definition) is 3. The number of carbonyl (C=O) groups is 4. The van der Waals surface area contributed by atoms with Crippen LogP contribution in [0.15, 0.2) is 24.3 Å². The van der Waals surface area contributed by atoms with E-state index >= 15 is 0 Å². The van der Waals surface area contributed by atoms with Crippen LogP contribution in [0, 0.1) is 29.1 Å². The third-order valence-corrected chi connectivity index (χ3v) is 12.1. The Labute approximate surface area is 323 Å². The highest BCUT2D eigenvalue weighted by Gasteiger charge is 2.48. The summed E-state index contributed by atoms with van der Waals surface area (Å²) in [5.41, 5.74) is 6.88. The maximum Gasteiger partial charge on any atom is 0.245 e. The molecule has 1 aromatic rings. The Morgan fingerprint density at radius 1 is 1.06 bits per heavy atom. The van der Waals surface area contributed by atoms with Crippen molar-refractivity contribution in [1.29, 1.82) is 5.26 Å². The fraction of sp³-hybridized carbons (Fsp3) is 0.732. The number of nitrogens with two attached hydrogens (primary N) is 1. The number of ether oxygens (including phenoxy) is 2. The largest absolute Gasteiger partial charge is 0.399 e. The minimum absolute atomic E-state index is 0.0153. The SMILES string of the molecule is CC[C@H](C)[C@@H]([C@@H](CC(=O)N1CCC[C@H]1[C@H](OC)[C@@H](C)C(=O)N[C@H](CC#N)Cc1cccc(N)c1)OC)N(C)C(=O)[C@@H](NC(=O)C1(N(C)C)CCC1)C(C)C. The lowest BCUT2D eigenvalue weighted by Crippen LogP contribution is -2.65. The summed E-state index contributed by atoms with van der Waals surface area (Å²) in [5.74, 6) is -1.52. The van der Waals surface area contributed by atoms with Gasteiger partial charge in [0, 0.05) is 39.5 Å². The number of amides is 4. The van der Waals surface area contributed by atoms with Crippen molar-refractivity contribution >= 4 is 29.3 Å². The molecule has 2 aliphatic rings. The number of hydrogen-bond acceptors (Lipinski definition) is 9. The average Bonchev–Trinajstić information content (AvgIpc) is 3.59. The lowest BCUT2D eigenvalue weighted by atomic mass is 9.74. The predicted molar refractivity (Wildman–Crippen MR) is 210 cm³/mol. The van der Waals surface area contributed by atoms with Gasteiger partial charge in [-0.15, -0.1) is 0 Å². The van der Waals surface area contributed by atoms with Crippen LogP contribution in [0.5, 0.6) is 0 Å². The zero-order chi connectivity index (χ0) is 40.3. The van der Waals surface area contributed by atoms with Crippen LogP contribution in [0.1, 0.15) is 91.5 Å². The van der Waals surface area contributed by atoms with Crippen LogP contribution >= 0.6 is 0 Å². The second-order valence-corrected chi connectivity index (χ2v) is 16.1. The monoisotopic (exact) mass is 754 g/mol. The van der Waals surface area contributed by atoms with E-state index in [9.17, 15) is 24.4 Å². The molecule has 13 nitrogen and oxygen atoms in total. The first-order valence-electron chi connectivity index (χ1n) is 19.7. The number of nitrogen functional groups attached to an aromatic ring is 1. The third kappa shape index (κ3) is 10.5. The summed E-state index contributed by atoms with van der Waals surface area (Å²) in [6.07, 6.45) is 4.05. The van der Waals surface area contributed by atoms with Crippen molar-refractivity contribution in [2.75, 3.05) is 47.6 Å². The highest BCUT2D eigenvalue weighted by atomic mass is 16.5. The first kappa shape index (κ1) is 44.7. The molecule has 302 valence electrons. The van der Waals surface area contributed by atoms with Crippen molar-refractivity contribution in [2.45, 2.75) is 134 Å². The molecule has 4 amide bonds. The topological polar surface area (TPSA) is 170 Å². The van der Waals surface area contributed by atoms with Crippen LogP contribution in [0.25, 0.3) is 0 Å². The summed E-state index contributed by atoms with van der Waals surface area (Å²) in [5, 5.41) is 15.6. The standard InChI is InChI=1S/C41H67N7O6/c1-11-27(4)36(47(8)39(51)35(26(2)3)45-40(52)41(46(6)7)19-14-20-41)33(53-9)25-34(49)48-22-13-17-32(48)37(54-10)28(5)38(50)44-31(18-21-42)24-29-15-12-16-30(43)23-29/h12,15-16,23,26-28,31-33,35-37H,11,13-14,17-20,22,24-25,43H2,1-10H3,(H,44,50)(H,45,52)/t27-,28+,31+,32-,33+,35-,36-,37+/m0/s1. The van der Waals surface area contributed by atoms with E-state index in [1.54, 1.807) is 44.1 Å². The number of anilines is 1. The summed E-state index contributed by atoms with van der Waals surface area (Å²) in [7, 11) is 8.68. The maximum atomic E-state index is 14.3.